The van der Waals surface area contributed by atoms with Crippen LogP contribution in [0.15, 0.2) is 41.0 Å². The van der Waals surface area contributed by atoms with Crippen molar-refractivity contribution >= 4 is 29.1 Å². The zero-order valence-corrected chi connectivity index (χ0v) is 12.5. The summed E-state index contributed by atoms with van der Waals surface area (Å²) in [7, 11) is 0. The SMILES string of the molecule is O=C(c1cc(Cl)cc(Cl)c1)N(Cc1ccco1)CC(F)(F)F. The van der Waals surface area contributed by atoms with Gasteiger partial charge in [0, 0.05) is 15.6 Å². The smallest absolute Gasteiger partial charge is 0.406 e. The minimum atomic E-state index is -4.54. The molecule has 0 bridgehead atoms. The van der Waals surface area contributed by atoms with E-state index in [1.165, 1.54) is 36.6 Å². The van der Waals surface area contributed by atoms with Gasteiger partial charge in [0.15, 0.2) is 0 Å². The van der Waals surface area contributed by atoms with Gasteiger partial charge in [-0.25, -0.2) is 0 Å². The van der Waals surface area contributed by atoms with E-state index in [2.05, 4.69) is 0 Å². The van der Waals surface area contributed by atoms with E-state index in [1.54, 1.807) is 0 Å². The summed E-state index contributed by atoms with van der Waals surface area (Å²) in [5.41, 5.74) is -0.0201. The number of rotatable bonds is 4. The molecule has 0 saturated carbocycles. The molecule has 0 radical (unpaired) electrons. The van der Waals surface area contributed by atoms with Crippen LogP contribution in [0, 0.1) is 0 Å². The van der Waals surface area contributed by atoms with Crippen LogP contribution >= 0.6 is 23.2 Å². The average Bonchev–Trinajstić information content (AvgIpc) is 2.87. The van der Waals surface area contributed by atoms with Crippen LogP contribution in [0.2, 0.25) is 10.0 Å². The molecule has 0 aliphatic rings. The average molecular weight is 352 g/mol. The molecule has 1 heterocycles. The lowest BCUT2D eigenvalue weighted by molar-refractivity contribution is -0.142. The van der Waals surface area contributed by atoms with Gasteiger partial charge in [-0.2, -0.15) is 13.2 Å². The lowest BCUT2D eigenvalue weighted by Crippen LogP contribution is -2.38. The first-order chi connectivity index (χ1) is 10.2. The Morgan fingerprint density at radius 2 is 1.82 bits per heavy atom. The number of carbonyl (C=O) groups is 1. The normalized spacial score (nSPS) is 11.5. The highest BCUT2D eigenvalue weighted by Gasteiger charge is 2.34. The third kappa shape index (κ3) is 4.68. The monoisotopic (exact) mass is 351 g/mol. The minimum absolute atomic E-state index is 0.0201. The number of nitrogens with zero attached hydrogens (tertiary/aromatic N) is 1. The first-order valence-electron chi connectivity index (χ1n) is 6.09. The molecule has 2 aromatic rings. The van der Waals surface area contributed by atoms with Crippen LogP contribution in [0.3, 0.4) is 0 Å². The molecule has 0 aliphatic heterocycles. The molecule has 118 valence electrons. The Hall–Kier alpha value is -1.66. The van der Waals surface area contributed by atoms with Gasteiger partial charge in [0.2, 0.25) is 0 Å². The molecule has 0 N–H and O–H groups in total. The highest BCUT2D eigenvalue weighted by atomic mass is 35.5. The van der Waals surface area contributed by atoms with Crippen molar-refractivity contribution < 1.29 is 22.4 Å². The molecular weight excluding hydrogens is 342 g/mol. The van der Waals surface area contributed by atoms with Gasteiger partial charge in [0.1, 0.15) is 12.3 Å². The summed E-state index contributed by atoms with van der Waals surface area (Å²) in [6, 6.07) is 6.94. The van der Waals surface area contributed by atoms with Gasteiger partial charge >= 0.3 is 6.18 Å². The second kappa shape index (κ2) is 6.62. The highest BCUT2D eigenvalue weighted by Crippen LogP contribution is 2.23. The van der Waals surface area contributed by atoms with Gasteiger partial charge in [-0.3, -0.25) is 4.79 Å². The molecule has 0 spiro atoms. The van der Waals surface area contributed by atoms with Crippen LogP contribution < -0.4 is 0 Å². The van der Waals surface area contributed by atoms with Gasteiger partial charge in [-0.05, 0) is 30.3 Å². The fourth-order valence-corrected chi connectivity index (χ4v) is 2.39. The molecule has 1 aromatic heterocycles. The van der Waals surface area contributed by atoms with Crippen molar-refractivity contribution in [3.8, 4) is 0 Å². The van der Waals surface area contributed by atoms with Crippen LogP contribution in [0.25, 0.3) is 0 Å². The van der Waals surface area contributed by atoms with E-state index in [-0.39, 0.29) is 27.9 Å². The third-order valence-electron chi connectivity index (χ3n) is 2.69. The maximum Gasteiger partial charge on any atom is 0.406 e. The molecule has 2 rings (SSSR count). The van der Waals surface area contributed by atoms with Crippen LogP contribution in [-0.2, 0) is 6.54 Å². The quantitative estimate of drug-likeness (QED) is 0.793. The van der Waals surface area contributed by atoms with Crippen LogP contribution in [-0.4, -0.2) is 23.5 Å². The number of hydrogen-bond acceptors (Lipinski definition) is 2. The molecule has 8 heteroatoms. The molecule has 0 saturated heterocycles. The van der Waals surface area contributed by atoms with Crippen LogP contribution in [0.1, 0.15) is 16.1 Å². The molecule has 0 aliphatic carbocycles. The number of halogens is 5. The molecule has 0 unspecified atom stereocenters. The van der Waals surface area contributed by atoms with E-state index in [1.807, 2.05) is 0 Å². The minimum Gasteiger partial charge on any atom is -0.467 e. The summed E-state index contributed by atoms with van der Waals surface area (Å²) in [5, 5.41) is 0.335. The van der Waals surface area contributed by atoms with E-state index < -0.39 is 18.6 Å². The lowest BCUT2D eigenvalue weighted by Gasteiger charge is -2.23. The van der Waals surface area contributed by atoms with Crippen molar-refractivity contribution in [1.82, 2.24) is 4.90 Å². The zero-order chi connectivity index (χ0) is 16.3. The maximum absolute atomic E-state index is 12.7. The van der Waals surface area contributed by atoms with E-state index in [0.717, 1.165) is 0 Å². The standard InChI is InChI=1S/C14H10Cl2F3NO2/c15-10-4-9(5-11(16)6-10)13(21)20(8-14(17,18)19)7-12-2-1-3-22-12/h1-6H,7-8H2. The van der Waals surface area contributed by atoms with Gasteiger partial charge in [-0.1, -0.05) is 23.2 Å². The van der Waals surface area contributed by atoms with Crippen molar-refractivity contribution in [1.29, 1.82) is 0 Å². The Balaban J connectivity index is 2.28. The first-order valence-corrected chi connectivity index (χ1v) is 6.85. The van der Waals surface area contributed by atoms with Crippen molar-refractivity contribution in [2.45, 2.75) is 12.7 Å². The van der Waals surface area contributed by atoms with Gasteiger partial charge in [0.25, 0.3) is 5.91 Å². The summed E-state index contributed by atoms with van der Waals surface area (Å²) in [6.45, 7) is -1.72. The number of amides is 1. The molecule has 1 aromatic carbocycles. The molecular formula is C14H10Cl2F3NO2. The van der Waals surface area contributed by atoms with Crippen molar-refractivity contribution in [2.24, 2.45) is 0 Å². The Bertz CT molecular complexity index is 636. The van der Waals surface area contributed by atoms with Crippen molar-refractivity contribution in [2.75, 3.05) is 6.54 Å². The zero-order valence-electron chi connectivity index (χ0n) is 11.0. The van der Waals surface area contributed by atoms with E-state index in [9.17, 15) is 18.0 Å². The Morgan fingerprint density at radius 1 is 1.18 bits per heavy atom. The predicted molar refractivity (Wildman–Crippen MR) is 76.0 cm³/mol. The first kappa shape index (κ1) is 16.7. The summed E-state index contributed by atoms with van der Waals surface area (Å²) < 4.78 is 43.1. The molecule has 1 amide bonds. The fraction of sp³-hybridized carbons (Fsp3) is 0.214. The van der Waals surface area contributed by atoms with Crippen LogP contribution in [0.4, 0.5) is 13.2 Å². The fourth-order valence-electron chi connectivity index (χ4n) is 1.87. The van der Waals surface area contributed by atoms with Crippen LogP contribution in [0.5, 0.6) is 0 Å². The molecule has 0 fully saturated rings. The number of carbonyl (C=O) groups excluding carboxylic acids is 1. The lowest BCUT2D eigenvalue weighted by atomic mass is 10.2. The van der Waals surface area contributed by atoms with E-state index >= 15 is 0 Å². The highest BCUT2D eigenvalue weighted by molar-refractivity contribution is 6.35. The Kier molecular flexibility index (Phi) is 5.03. The Labute approximate surface area is 134 Å². The van der Waals surface area contributed by atoms with E-state index in [0.29, 0.717) is 4.90 Å². The number of furan rings is 1. The third-order valence-corrected chi connectivity index (χ3v) is 3.13. The van der Waals surface area contributed by atoms with Gasteiger partial charge < -0.3 is 9.32 Å². The van der Waals surface area contributed by atoms with Crippen molar-refractivity contribution in [3.05, 3.63) is 58.0 Å². The van der Waals surface area contributed by atoms with E-state index in [4.69, 9.17) is 27.6 Å². The number of benzene rings is 1. The summed E-state index contributed by atoms with van der Waals surface area (Å²) >= 11 is 11.6. The molecule has 22 heavy (non-hydrogen) atoms. The molecule has 0 atom stereocenters. The Morgan fingerprint density at radius 3 is 2.32 bits per heavy atom. The van der Waals surface area contributed by atoms with Crippen molar-refractivity contribution in [3.63, 3.8) is 0 Å². The van der Waals surface area contributed by atoms with Gasteiger partial charge in [0.05, 0.1) is 12.8 Å². The summed E-state index contributed by atoms with van der Waals surface area (Å²) in [6.07, 6.45) is -3.22. The van der Waals surface area contributed by atoms with Gasteiger partial charge in [-0.15, -0.1) is 0 Å². The summed E-state index contributed by atoms with van der Waals surface area (Å²) in [5.74, 6) is -0.594. The largest absolute Gasteiger partial charge is 0.467 e. The predicted octanol–water partition coefficient (Wildman–Crippen LogP) is 4.79. The number of alkyl halides is 3. The topological polar surface area (TPSA) is 33.5 Å². The molecule has 3 nitrogen and oxygen atoms in total. The second-order valence-electron chi connectivity index (χ2n) is 4.51. The number of hydrogen-bond donors (Lipinski definition) is 0. The summed E-state index contributed by atoms with van der Waals surface area (Å²) in [4.78, 5) is 12.9. The second-order valence-corrected chi connectivity index (χ2v) is 5.39. The maximum atomic E-state index is 12.7.